The first kappa shape index (κ1) is 19.4. The number of anilines is 2. The lowest BCUT2D eigenvalue weighted by atomic mass is 10.1. The van der Waals surface area contributed by atoms with Crippen LogP contribution in [0, 0.1) is 11.6 Å². The van der Waals surface area contributed by atoms with Gasteiger partial charge in [0.25, 0.3) is 5.91 Å². The third-order valence-corrected chi connectivity index (χ3v) is 5.61. The van der Waals surface area contributed by atoms with E-state index in [-0.39, 0.29) is 23.1 Å². The average Bonchev–Trinajstić information content (AvgIpc) is 3.17. The summed E-state index contributed by atoms with van der Waals surface area (Å²) in [7, 11) is 0. The molecule has 0 radical (unpaired) electrons. The van der Waals surface area contributed by atoms with Crippen molar-refractivity contribution in [2.75, 3.05) is 23.3 Å². The maximum atomic E-state index is 14.0. The summed E-state index contributed by atoms with van der Waals surface area (Å²) in [5.74, 6) is -1.99. The number of aromatic nitrogens is 2. The Kier molecular flexibility index (Phi) is 5.50. The third-order valence-electron chi connectivity index (χ3n) is 4.75. The van der Waals surface area contributed by atoms with Crippen LogP contribution in [-0.2, 0) is 0 Å². The van der Waals surface area contributed by atoms with Crippen LogP contribution in [0.3, 0.4) is 0 Å². The van der Waals surface area contributed by atoms with Crippen molar-refractivity contribution in [2.45, 2.75) is 18.9 Å². The van der Waals surface area contributed by atoms with Crippen molar-refractivity contribution >= 4 is 28.1 Å². The van der Waals surface area contributed by atoms with Gasteiger partial charge in [-0.25, -0.2) is 13.8 Å². The summed E-state index contributed by atoms with van der Waals surface area (Å²) < 4.78 is 32.3. The number of piperidine rings is 1. The Morgan fingerprint density at radius 2 is 1.83 bits per heavy atom. The Morgan fingerprint density at radius 1 is 1.14 bits per heavy atom. The van der Waals surface area contributed by atoms with E-state index in [2.05, 4.69) is 19.6 Å². The Morgan fingerprint density at radius 3 is 2.55 bits per heavy atom. The van der Waals surface area contributed by atoms with E-state index in [0.717, 1.165) is 17.1 Å². The summed E-state index contributed by atoms with van der Waals surface area (Å²) in [6.45, 7) is 1.35. The minimum atomic E-state index is -0.744. The second-order valence-corrected chi connectivity index (χ2v) is 7.50. The second kappa shape index (κ2) is 8.22. The molecule has 1 aromatic carbocycles. The zero-order valence-electron chi connectivity index (χ0n) is 15.3. The molecule has 1 fully saturated rings. The molecule has 1 saturated heterocycles. The van der Waals surface area contributed by atoms with Crippen LogP contribution in [-0.4, -0.2) is 39.6 Å². The second-order valence-electron chi connectivity index (χ2n) is 6.72. The summed E-state index contributed by atoms with van der Waals surface area (Å²) in [5.41, 5.74) is 0.353. The SMILES string of the molecule is O=C(Nc1cnsc1N1CCC(O)CC1)c1cccc(-c2c(F)cccc2F)n1. The number of carbonyl (C=O) groups excluding carboxylic acids is 1. The molecule has 0 aliphatic carbocycles. The van der Waals surface area contributed by atoms with E-state index >= 15 is 0 Å². The normalized spacial score (nSPS) is 14.8. The van der Waals surface area contributed by atoms with Crippen molar-refractivity contribution in [2.24, 2.45) is 0 Å². The lowest BCUT2D eigenvalue weighted by Gasteiger charge is -2.30. The summed E-state index contributed by atoms with van der Waals surface area (Å²) in [4.78, 5) is 18.9. The van der Waals surface area contributed by atoms with Crippen molar-refractivity contribution in [3.63, 3.8) is 0 Å². The first-order valence-corrected chi connectivity index (χ1v) is 9.91. The van der Waals surface area contributed by atoms with Crippen LogP contribution < -0.4 is 10.2 Å². The Balaban J connectivity index is 1.56. The molecule has 29 heavy (non-hydrogen) atoms. The summed E-state index contributed by atoms with van der Waals surface area (Å²) in [6, 6.07) is 8.03. The highest BCUT2D eigenvalue weighted by molar-refractivity contribution is 7.11. The van der Waals surface area contributed by atoms with Gasteiger partial charge in [0.2, 0.25) is 0 Å². The van der Waals surface area contributed by atoms with Crippen LogP contribution in [0.2, 0.25) is 0 Å². The topological polar surface area (TPSA) is 78.4 Å². The molecule has 1 amide bonds. The van der Waals surface area contributed by atoms with Gasteiger partial charge in [-0.1, -0.05) is 12.1 Å². The third kappa shape index (κ3) is 4.10. The number of carbonyl (C=O) groups is 1. The molecular weight excluding hydrogens is 398 g/mol. The van der Waals surface area contributed by atoms with Crippen LogP contribution in [0.15, 0.2) is 42.6 Å². The minimum absolute atomic E-state index is 0.0383. The van der Waals surface area contributed by atoms with Gasteiger partial charge in [0.15, 0.2) is 0 Å². The van der Waals surface area contributed by atoms with E-state index in [9.17, 15) is 18.7 Å². The quantitative estimate of drug-likeness (QED) is 0.678. The molecule has 0 bridgehead atoms. The maximum Gasteiger partial charge on any atom is 0.274 e. The summed E-state index contributed by atoms with van der Waals surface area (Å²) in [6.07, 6.45) is 2.57. The number of benzene rings is 1. The number of amides is 1. The van der Waals surface area contributed by atoms with Gasteiger partial charge in [0.1, 0.15) is 22.3 Å². The van der Waals surface area contributed by atoms with Crippen LogP contribution in [0.1, 0.15) is 23.3 Å². The zero-order chi connectivity index (χ0) is 20.4. The van der Waals surface area contributed by atoms with Gasteiger partial charge in [-0.05, 0) is 48.6 Å². The Labute approximate surface area is 170 Å². The smallest absolute Gasteiger partial charge is 0.274 e. The van der Waals surface area contributed by atoms with Crippen molar-refractivity contribution in [3.8, 4) is 11.3 Å². The van der Waals surface area contributed by atoms with Gasteiger partial charge in [0, 0.05) is 13.1 Å². The molecule has 0 spiro atoms. The van der Waals surface area contributed by atoms with E-state index < -0.39 is 17.5 Å². The minimum Gasteiger partial charge on any atom is -0.393 e. The number of nitrogens with one attached hydrogen (secondary N) is 1. The number of aliphatic hydroxyl groups excluding tert-OH is 1. The lowest BCUT2D eigenvalue weighted by molar-refractivity contribution is 0.102. The summed E-state index contributed by atoms with van der Waals surface area (Å²) >= 11 is 1.26. The highest BCUT2D eigenvalue weighted by atomic mass is 32.1. The fourth-order valence-electron chi connectivity index (χ4n) is 3.25. The summed E-state index contributed by atoms with van der Waals surface area (Å²) in [5, 5.41) is 13.3. The maximum absolute atomic E-state index is 14.0. The van der Waals surface area contributed by atoms with Crippen molar-refractivity contribution in [1.82, 2.24) is 9.36 Å². The Hall–Kier alpha value is -2.91. The van der Waals surface area contributed by atoms with E-state index in [1.807, 2.05) is 0 Å². The molecule has 6 nitrogen and oxygen atoms in total. The van der Waals surface area contributed by atoms with E-state index in [1.54, 1.807) is 6.20 Å². The molecule has 2 N–H and O–H groups in total. The van der Waals surface area contributed by atoms with E-state index in [4.69, 9.17) is 0 Å². The zero-order valence-corrected chi connectivity index (χ0v) is 16.1. The highest BCUT2D eigenvalue weighted by Gasteiger charge is 2.22. The average molecular weight is 416 g/mol. The highest BCUT2D eigenvalue weighted by Crippen LogP contribution is 2.33. The van der Waals surface area contributed by atoms with Gasteiger partial charge < -0.3 is 15.3 Å². The first-order chi connectivity index (χ1) is 14.0. The van der Waals surface area contributed by atoms with E-state index in [0.29, 0.717) is 31.6 Å². The van der Waals surface area contributed by atoms with Gasteiger partial charge in [0.05, 0.1) is 29.2 Å². The van der Waals surface area contributed by atoms with Gasteiger partial charge in [-0.15, -0.1) is 0 Å². The van der Waals surface area contributed by atoms with Crippen LogP contribution in [0.5, 0.6) is 0 Å². The number of halogens is 2. The lowest BCUT2D eigenvalue weighted by Crippen LogP contribution is -2.35. The predicted octanol–water partition coefficient (Wildman–Crippen LogP) is 3.70. The van der Waals surface area contributed by atoms with Crippen LogP contribution in [0.25, 0.3) is 11.3 Å². The standard InChI is InChI=1S/C20H18F2N4O2S/c21-13-3-1-4-14(22)18(13)15-5-2-6-16(24-15)19(28)25-17-11-23-29-20(17)26-9-7-12(27)8-10-26/h1-6,11-12,27H,7-10H2,(H,25,28). The molecule has 3 aromatic rings. The number of hydrogen-bond donors (Lipinski definition) is 2. The largest absolute Gasteiger partial charge is 0.393 e. The monoisotopic (exact) mass is 416 g/mol. The first-order valence-electron chi connectivity index (χ1n) is 9.13. The number of pyridine rings is 1. The molecule has 1 aliphatic heterocycles. The number of nitrogens with zero attached hydrogens (tertiary/aromatic N) is 3. The van der Waals surface area contributed by atoms with Crippen molar-refractivity contribution in [1.29, 1.82) is 0 Å². The van der Waals surface area contributed by atoms with Crippen molar-refractivity contribution < 1.29 is 18.7 Å². The van der Waals surface area contributed by atoms with Crippen molar-refractivity contribution in [3.05, 3.63) is 59.9 Å². The molecule has 0 saturated carbocycles. The molecular formula is C20H18F2N4O2S. The molecule has 2 aromatic heterocycles. The molecule has 3 heterocycles. The van der Waals surface area contributed by atoms with E-state index in [1.165, 1.54) is 35.8 Å². The number of hydrogen-bond acceptors (Lipinski definition) is 6. The predicted molar refractivity (Wildman–Crippen MR) is 107 cm³/mol. The van der Waals surface area contributed by atoms with Gasteiger partial charge in [-0.2, -0.15) is 4.37 Å². The molecule has 0 unspecified atom stereocenters. The molecule has 9 heteroatoms. The van der Waals surface area contributed by atoms with Gasteiger partial charge >= 0.3 is 0 Å². The fourth-order valence-corrected chi connectivity index (χ4v) is 4.00. The fraction of sp³-hybridized carbons (Fsp3) is 0.250. The van der Waals surface area contributed by atoms with Gasteiger partial charge in [-0.3, -0.25) is 4.79 Å². The molecule has 0 atom stereocenters. The van der Waals surface area contributed by atoms with Crippen LogP contribution in [0.4, 0.5) is 19.5 Å². The molecule has 1 aliphatic rings. The molecule has 4 rings (SSSR count). The van der Waals surface area contributed by atoms with Crippen LogP contribution >= 0.6 is 11.5 Å². The number of aliphatic hydroxyl groups is 1. The number of rotatable bonds is 4. The molecule has 150 valence electrons. The Bertz CT molecular complexity index is 1010.